The lowest BCUT2D eigenvalue weighted by Crippen LogP contribution is -2.47. The number of halogens is 4. The maximum absolute atomic E-state index is 12.9. The molecule has 146 valence electrons. The molecule has 1 aromatic carbocycles. The van der Waals surface area contributed by atoms with E-state index in [0.29, 0.717) is 17.1 Å². The molecular formula is C16H23ClF3N5O. The number of amides is 2. The van der Waals surface area contributed by atoms with Crippen molar-refractivity contribution in [1.82, 2.24) is 21.2 Å². The molecule has 6 nitrogen and oxygen atoms in total. The average molecular weight is 394 g/mol. The summed E-state index contributed by atoms with van der Waals surface area (Å²) >= 11 is 6.13. The second kappa shape index (κ2) is 9.40. The van der Waals surface area contributed by atoms with Crippen molar-refractivity contribution in [3.05, 3.63) is 34.3 Å². The number of hydrogen-bond donors (Lipinski definition) is 4. The number of piperidine rings is 1. The van der Waals surface area contributed by atoms with Crippen LogP contribution in [0.1, 0.15) is 36.3 Å². The Labute approximate surface area is 155 Å². The topological polar surface area (TPSA) is 82.4 Å². The summed E-state index contributed by atoms with van der Waals surface area (Å²) in [5.74, 6) is 4.96. The van der Waals surface area contributed by atoms with Gasteiger partial charge in [-0.2, -0.15) is 13.2 Å². The summed E-state index contributed by atoms with van der Waals surface area (Å²) in [6, 6.07) is 3.03. The summed E-state index contributed by atoms with van der Waals surface area (Å²) in [6.07, 6.45) is -2.01. The maximum atomic E-state index is 12.9. The molecule has 1 aliphatic rings. The first kappa shape index (κ1) is 20.8. The number of carbonyl (C=O) groups is 1. The van der Waals surface area contributed by atoms with E-state index >= 15 is 0 Å². The number of carbonyl (C=O) groups excluding carboxylic acids is 1. The lowest BCUT2D eigenvalue weighted by molar-refractivity contribution is -0.137. The minimum absolute atomic E-state index is 0.0362. The number of likely N-dealkylation sites (tertiary alicyclic amines) is 1. The number of hydrazine groups is 2. The van der Waals surface area contributed by atoms with Gasteiger partial charge < -0.3 is 4.90 Å². The molecule has 0 saturated carbocycles. The van der Waals surface area contributed by atoms with Crippen molar-refractivity contribution in [2.45, 2.75) is 31.4 Å². The number of benzene rings is 1. The van der Waals surface area contributed by atoms with E-state index in [2.05, 4.69) is 15.8 Å². The Morgan fingerprint density at radius 3 is 2.62 bits per heavy atom. The molecule has 2 rings (SSSR count). The highest BCUT2D eigenvalue weighted by Gasteiger charge is 2.32. The number of nitrogens with two attached hydrogens (primary N) is 1. The largest absolute Gasteiger partial charge is 0.416 e. The Kier molecular flexibility index (Phi) is 7.51. The highest BCUT2D eigenvalue weighted by molar-refractivity contribution is 6.31. The molecular weight excluding hydrogens is 371 g/mol. The summed E-state index contributed by atoms with van der Waals surface area (Å²) in [5.41, 5.74) is 6.99. The standard InChI is InChI=1S/C16H23ClF3N5O/c17-14-3-2-12(16(18,19)20)10-13(14)11-4-8-25(9-5-11)7-1-6-22-24-15(26)23-21/h2-3,10-11,22H,1,4-9,21H2,(H2,23,24,26). The van der Waals surface area contributed by atoms with E-state index in [1.54, 1.807) is 0 Å². The van der Waals surface area contributed by atoms with Gasteiger partial charge in [0.15, 0.2) is 0 Å². The van der Waals surface area contributed by atoms with Gasteiger partial charge in [-0.3, -0.25) is 10.9 Å². The van der Waals surface area contributed by atoms with E-state index in [0.717, 1.165) is 45.0 Å². The zero-order valence-electron chi connectivity index (χ0n) is 14.2. The molecule has 0 bridgehead atoms. The number of alkyl halides is 3. The molecule has 2 amide bonds. The molecule has 26 heavy (non-hydrogen) atoms. The molecule has 0 atom stereocenters. The highest BCUT2D eigenvalue weighted by Crippen LogP contribution is 2.37. The fourth-order valence-corrected chi connectivity index (χ4v) is 3.34. The summed E-state index contributed by atoms with van der Waals surface area (Å²) in [4.78, 5) is 13.1. The monoisotopic (exact) mass is 393 g/mol. The van der Waals surface area contributed by atoms with Gasteiger partial charge in [0.05, 0.1) is 5.56 Å². The molecule has 1 heterocycles. The van der Waals surface area contributed by atoms with E-state index in [1.807, 2.05) is 5.43 Å². The summed E-state index contributed by atoms with van der Waals surface area (Å²) in [5, 5.41) is 0.393. The van der Waals surface area contributed by atoms with Crippen molar-refractivity contribution < 1.29 is 18.0 Å². The van der Waals surface area contributed by atoms with Crippen LogP contribution in [0.3, 0.4) is 0 Å². The van der Waals surface area contributed by atoms with Crippen LogP contribution in [-0.4, -0.2) is 37.1 Å². The lowest BCUT2D eigenvalue weighted by atomic mass is 9.88. The second-order valence-corrected chi connectivity index (χ2v) is 6.64. The maximum Gasteiger partial charge on any atom is 0.416 e. The van der Waals surface area contributed by atoms with E-state index in [1.165, 1.54) is 12.1 Å². The number of nitrogens with one attached hydrogen (secondary N) is 3. The minimum atomic E-state index is -4.36. The van der Waals surface area contributed by atoms with Crippen LogP contribution < -0.4 is 22.1 Å². The Bertz CT molecular complexity index is 606. The Balaban J connectivity index is 1.79. The van der Waals surface area contributed by atoms with Crippen LogP contribution >= 0.6 is 11.6 Å². The molecule has 0 spiro atoms. The number of rotatable bonds is 6. The van der Waals surface area contributed by atoms with Crippen molar-refractivity contribution >= 4 is 17.6 Å². The fraction of sp³-hybridized carbons (Fsp3) is 0.562. The molecule has 5 N–H and O–H groups in total. The van der Waals surface area contributed by atoms with Crippen molar-refractivity contribution in [2.75, 3.05) is 26.2 Å². The van der Waals surface area contributed by atoms with Gasteiger partial charge in [-0.05, 0) is 68.6 Å². The Hall–Kier alpha value is -1.55. The summed E-state index contributed by atoms with van der Waals surface area (Å²) < 4.78 is 38.7. The predicted molar refractivity (Wildman–Crippen MR) is 93.3 cm³/mol. The first-order valence-electron chi connectivity index (χ1n) is 8.39. The average Bonchev–Trinajstić information content (AvgIpc) is 2.61. The molecule has 0 radical (unpaired) electrons. The van der Waals surface area contributed by atoms with Crippen molar-refractivity contribution in [1.29, 1.82) is 0 Å². The van der Waals surface area contributed by atoms with Gasteiger partial charge in [0.2, 0.25) is 0 Å². The van der Waals surface area contributed by atoms with Crippen LogP contribution in [0.15, 0.2) is 18.2 Å². The van der Waals surface area contributed by atoms with Gasteiger partial charge >= 0.3 is 12.2 Å². The minimum Gasteiger partial charge on any atom is -0.303 e. The highest BCUT2D eigenvalue weighted by atomic mass is 35.5. The first-order valence-corrected chi connectivity index (χ1v) is 8.77. The SMILES string of the molecule is NNC(=O)NNCCCN1CCC(c2cc(C(F)(F)F)ccc2Cl)CC1. The number of urea groups is 1. The van der Waals surface area contributed by atoms with E-state index < -0.39 is 17.8 Å². The number of nitrogens with zero attached hydrogens (tertiary/aromatic N) is 1. The molecule has 0 aromatic heterocycles. The molecule has 1 saturated heterocycles. The third-order valence-corrected chi connectivity index (χ3v) is 4.80. The summed E-state index contributed by atoms with van der Waals surface area (Å²) in [7, 11) is 0. The van der Waals surface area contributed by atoms with Crippen LogP contribution in [0.2, 0.25) is 5.02 Å². The molecule has 1 fully saturated rings. The Morgan fingerprint density at radius 2 is 2.00 bits per heavy atom. The normalized spacial score (nSPS) is 16.5. The van der Waals surface area contributed by atoms with E-state index in [-0.39, 0.29) is 5.92 Å². The molecule has 1 aromatic rings. The zero-order valence-corrected chi connectivity index (χ0v) is 15.0. The molecule has 0 unspecified atom stereocenters. The van der Waals surface area contributed by atoms with Gasteiger partial charge in [0.25, 0.3) is 0 Å². The number of hydrogen-bond acceptors (Lipinski definition) is 4. The van der Waals surface area contributed by atoms with Gasteiger partial charge in [-0.15, -0.1) is 0 Å². The second-order valence-electron chi connectivity index (χ2n) is 6.23. The van der Waals surface area contributed by atoms with Crippen molar-refractivity contribution in [3.63, 3.8) is 0 Å². The zero-order chi connectivity index (χ0) is 19.2. The van der Waals surface area contributed by atoms with Crippen LogP contribution in [-0.2, 0) is 6.18 Å². The third kappa shape index (κ3) is 6.01. The van der Waals surface area contributed by atoms with Crippen molar-refractivity contribution in [2.24, 2.45) is 5.84 Å². The molecule has 10 heteroatoms. The van der Waals surface area contributed by atoms with Gasteiger partial charge in [-0.25, -0.2) is 16.1 Å². The smallest absolute Gasteiger partial charge is 0.303 e. The van der Waals surface area contributed by atoms with Crippen LogP contribution in [0.4, 0.5) is 18.0 Å². The Morgan fingerprint density at radius 1 is 1.31 bits per heavy atom. The van der Waals surface area contributed by atoms with Crippen LogP contribution in [0.5, 0.6) is 0 Å². The van der Waals surface area contributed by atoms with E-state index in [4.69, 9.17) is 17.4 Å². The fourth-order valence-electron chi connectivity index (χ4n) is 3.07. The van der Waals surface area contributed by atoms with Gasteiger partial charge in [0.1, 0.15) is 0 Å². The van der Waals surface area contributed by atoms with Crippen LogP contribution in [0, 0.1) is 0 Å². The first-order chi connectivity index (χ1) is 12.3. The molecule has 1 aliphatic heterocycles. The quantitative estimate of drug-likeness (QED) is 0.259. The molecule has 0 aliphatic carbocycles. The summed E-state index contributed by atoms with van der Waals surface area (Å²) in [6.45, 7) is 3.02. The van der Waals surface area contributed by atoms with Gasteiger partial charge in [0, 0.05) is 11.6 Å². The van der Waals surface area contributed by atoms with E-state index in [9.17, 15) is 18.0 Å². The third-order valence-electron chi connectivity index (χ3n) is 4.46. The van der Waals surface area contributed by atoms with Gasteiger partial charge in [-0.1, -0.05) is 11.6 Å². The van der Waals surface area contributed by atoms with Crippen molar-refractivity contribution in [3.8, 4) is 0 Å². The van der Waals surface area contributed by atoms with Crippen LogP contribution in [0.25, 0.3) is 0 Å². The predicted octanol–water partition coefficient (Wildman–Crippen LogP) is 2.61. The lowest BCUT2D eigenvalue weighted by Gasteiger charge is -2.32.